The van der Waals surface area contributed by atoms with Crippen LogP contribution >= 0.6 is 15.9 Å². The number of hydrogen-bond acceptors (Lipinski definition) is 4. The number of nitrogens with zero attached hydrogens (tertiary/aromatic N) is 1. The molecule has 7 heteroatoms. The maximum Gasteiger partial charge on any atom is 0.261 e. The van der Waals surface area contributed by atoms with Crippen LogP contribution in [-0.2, 0) is 16.1 Å². The molecule has 0 saturated heterocycles. The largest absolute Gasteiger partial charge is 0.497 e. The van der Waals surface area contributed by atoms with Gasteiger partial charge in [-0.15, -0.1) is 0 Å². The van der Waals surface area contributed by atoms with Crippen LogP contribution < -0.4 is 14.8 Å². The Kier molecular flexibility index (Phi) is 8.72. The molecule has 0 bridgehead atoms. The summed E-state index contributed by atoms with van der Waals surface area (Å²) < 4.78 is 11.8. The molecule has 2 rings (SSSR count). The van der Waals surface area contributed by atoms with Gasteiger partial charge in [0, 0.05) is 13.6 Å². The molecule has 0 unspecified atom stereocenters. The van der Waals surface area contributed by atoms with Crippen LogP contribution in [0, 0.1) is 0 Å². The summed E-state index contributed by atoms with van der Waals surface area (Å²) in [5, 5.41) is 2.60. The third-order valence-electron chi connectivity index (χ3n) is 4.87. The molecule has 0 aromatic heterocycles. The molecule has 0 heterocycles. The Morgan fingerprint density at radius 2 is 1.87 bits per heavy atom. The SMILES string of the molecule is CNC(=O)[C@H](C)N(Cc1cccc(OC)c1)C(=O)COc1ccc(C(C)C)cc1Br. The Bertz CT molecular complexity index is 885. The van der Waals surface area contributed by atoms with E-state index in [9.17, 15) is 9.59 Å². The fourth-order valence-electron chi connectivity index (χ4n) is 2.97. The van der Waals surface area contributed by atoms with Crippen LogP contribution in [0.1, 0.15) is 37.8 Å². The van der Waals surface area contributed by atoms with Crippen molar-refractivity contribution in [2.24, 2.45) is 0 Å². The summed E-state index contributed by atoms with van der Waals surface area (Å²) in [5.41, 5.74) is 2.04. The molecule has 162 valence electrons. The standard InChI is InChI=1S/C23H29BrN2O4/c1-15(2)18-9-10-21(20(24)12-18)30-14-22(27)26(16(3)23(28)25-4)13-17-7-6-8-19(11-17)29-5/h6-12,15-16H,13-14H2,1-5H3,(H,25,28)/t16-/m0/s1. The number of hydrogen-bond donors (Lipinski definition) is 1. The molecule has 0 spiro atoms. The van der Waals surface area contributed by atoms with E-state index < -0.39 is 6.04 Å². The Hall–Kier alpha value is -2.54. The molecule has 0 fully saturated rings. The Balaban J connectivity index is 2.17. The summed E-state index contributed by atoms with van der Waals surface area (Å²) in [7, 11) is 3.14. The third kappa shape index (κ3) is 6.23. The van der Waals surface area contributed by atoms with E-state index in [0.717, 1.165) is 10.0 Å². The Morgan fingerprint density at radius 1 is 1.13 bits per heavy atom. The van der Waals surface area contributed by atoms with Crippen molar-refractivity contribution in [1.29, 1.82) is 0 Å². The summed E-state index contributed by atoms with van der Waals surface area (Å²) >= 11 is 3.51. The van der Waals surface area contributed by atoms with E-state index in [1.54, 1.807) is 21.1 Å². The molecular weight excluding hydrogens is 448 g/mol. The van der Waals surface area contributed by atoms with Crippen molar-refractivity contribution in [2.45, 2.75) is 39.3 Å². The maximum atomic E-state index is 13.0. The lowest BCUT2D eigenvalue weighted by Gasteiger charge is -2.28. The molecule has 0 aliphatic heterocycles. The van der Waals surface area contributed by atoms with Gasteiger partial charge in [-0.2, -0.15) is 0 Å². The van der Waals surface area contributed by atoms with Gasteiger partial charge < -0.3 is 19.7 Å². The van der Waals surface area contributed by atoms with Gasteiger partial charge in [-0.3, -0.25) is 9.59 Å². The predicted molar refractivity (Wildman–Crippen MR) is 121 cm³/mol. The first-order valence-electron chi connectivity index (χ1n) is 9.83. The van der Waals surface area contributed by atoms with E-state index in [4.69, 9.17) is 9.47 Å². The number of methoxy groups -OCH3 is 1. The summed E-state index contributed by atoms with van der Waals surface area (Å²) in [6, 6.07) is 12.6. The number of carbonyl (C=O) groups is 2. The molecule has 2 aromatic rings. The van der Waals surface area contributed by atoms with Gasteiger partial charge in [-0.05, 0) is 64.2 Å². The Labute approximate surface area is 186 Å². The fourth-order valence-corrected chi connectivity index (χ4v) is 3.49. The highest BCUT2D eigenvalue weighted by molar-refractivity contribution is 9.10. The molecule has 30 heavy (non-hydrogen) atoms. The number of amides is 2. The quantitative estimate of drug-likeness (QED) is 0.590. The van der Waals surface area contributed by atoms with Gasteiger partial charge in [0.25, 0.3) is 5.91 Å². The second-order valence-corrected chi connectivity index (χ2v) is 8.15. The van der Waals surface area contributed by atoms with Crippen LogP contribution in [0.3, 0.4) is 0 Å². The lowest BCUT2D eigenvalue weighted by molar-refractivity contribution is -0.142. The first-order valence-corrected chi connectivity index (χ1v) is 10.6. The highest BCUT2D eigenvalue weighted by atomic mass is 79.9. The van der Waals surface area contributed by atoms with Gasteiger partial charge >= 0.3 is 0 Å². The maximum absolute atomic E-state index is 13.0. The van der Waals surface area contributed by atoms with Crippen molar-refractivity contribution in [3.05, 3.63) is 58.1 Å². The average molecular weight is 477 g/mol. The number of carbonyl (C=O) groups excluding carboxylic acids is 2. The second-order valence-electron chi connectivity index (χ2n) is 7.30. The van der Waals surface area contributed by atoms with Gasteiger partial charge in [0.15, 0.2) is 6.61 Å². The van der Waals surface area contributed by atoms with E-state index in [1.165, 1.54) is 10.5 Å². The smallest absolute Gasteiger partial charge is 0.261 e. The van der Waals surface area contributed by atoms with Crippen molar-refractivity contribution in [1.82, 2.24) is 10.2 Å². The van der Waals surface area contributed by atoms with Gasteiger partial charge in [0.1, 0.15) is 17.5 Å². The van der Waals surface area contributed by atoms with E-state index >= 15 is 0 Å². The summed E-state index contributed by atoms with van der Waals surface area (Å²) in [6.45, 7) is 6.02. The normalized spacial score (nSPS) is 11.7. The zero-order chi connectivity index (χ0) is 22.3. The molecular formula is C23H29BrN2O4. The fraction of sp³-hybridized carbons (Fsp3) is 0.391. The van der Waals surface area contributed by atoms with Crippen LogP contribution in [-0.4, -0.2) is 43.5 Å². The lowest BCUT2D eigenvalue weighted by atomic mass is 10.0. The highest BCUT2D eigenvalue weighted by Gasteiger charge is 2.26. The molecule has 2 aromatic carbocycles. The minimum Gasteiger partial charge on any atom is -0.497 e. The average Bonchev–Trinajstić information content (AvgIpc) is 2.75. The van der Waals surface area contributed by atoms with Gasteiger partial charge in [-0.1, -0.05) is 32.0 Å². The molecule has 0 aliphatic rings. The van der Waals surface area contributed by atoms with Crippen LogP contribution in [0.15, 0.2) is 46.9 Å². The van der Waals surface area contributed by atoms with Crippen molar-refractivity contribution >= 4 is 27.7 Å². The summed E-state index contributed by atoms with van der Waals surface area (Å²) in [6.07, 6.45) is 0. The van der Waals surface area contributed by atoms with Crippen molar-refractivity contribution in [3.8, 4) is 11.5 Å². The summed E-state index contributed by atoms with van der Waals surface area (Å²) in [5.74, 6) is 1.14. The number of rotatable bonds is 9. The molecule has 1 atom stereocenters. The molecule has 0 radical (unpaired) electrons. The predicted octanol–water partition coefficient (Wildman–Crippen LogP) is 4.12. The van der Waals surface area contributed by atoms with E-state index in [-0.39, 0.29) is 25.0 Å². The number of ether oxygens (including phenoxy) is 2. The number of likely N-dealkylation sites (N-methyl/N-ethyl adjacent to an activating group) is 1. The second kappa shape index (κ2) is 11.0. The van der Waals surface area contributed by atoms with Crippen LogP contribution in [0.2, 0.25) is 0 Å². The topological polar surface area (TPSA) is 67.9 Å². The number of benzene rings is 2. The molecule has 1 N–H and O–H groups in total. The van der Waals surface area contributed by atoms with Crippen molar-refractivity contribution in [2.75, 3.05) is 20.8 Å². The zero-order valence-electron chi connectivity index (χ0n) is 18.1. The number of nitrogens with one attached hydrogen (secondary N) is 1. The molecule has 6 nitrogen and oxygen atoms in total. The minimum atomic E-state index is -0.649. The zero-order valence-corrected chi connectivity index (χ0v) is 19.7. The van der Waals surface area contributed by atoms with Crippen LogP contribution in [0.25, 0.3) is 0 Å². The highest BCUT2D eigenvalue weighted by Crippen LogP contribution is 2.29. The minimum absolute atomic E-state index is 0.176. The van der Waals surface area contributed by atoms with Gasteiger partial charge in [-0.25, -0.2) is 0 Å². The third-order valence-corrected chi connectivity index (χ3v) is 5.49. The van der Waals surface area contributed by atoms with Gasteiger partial charge in [0.05, 0.1) is 11.6 Å². The van der Waals surface area contributed by atoms with E-state index in [1.807, 2.05) is 42.5 Å². The monoisotopic (exact) mass is 476 g/mol. The van der Waals surface area contributed by atoms with Crippen molar-refractivity contribution < 1.29 is 19.1 Å². The van der Waals surface area contributed by atoms with Crippen molar-refractivity contribution in [3.63, 3.8) is 0 Å². The number of halogens is 1. The molecule has 2 amide bonds. The van der Waals surface area contributed by atoms with Crippen LogP contribution in [0.4, 0.5) is 0 Å². The first kappa shape index (κ1) is 23.7. The van der Waals surface area contributed by atoms with Crippen LogP contribution in [0.5, 0.6) is 11.5 Å². The molecule has 0 saturated carbocycles. The summed E-state index contributed by atoms with van der Waals surface area (Å²) in [4.78, 5) is 26.7. The first-order chi connectivity index (χ1) is 14.3. The van der Waals surface area contributed by atoms with E-state index in [2.05, 4.69) is 35.1 Å². The Morgan fingerprint density at radius 3 is 2.47 bits per heavy atom. The molecule has 0 aliphatic carbocycles. The van der Waals surface area contributed by atoms with Gasteiger partial charge in [0.2, 0.25) is 5.91 Å². The lowest BCUT2D eigenvalue weighted by Crippen LogP contribution is -2.48. The van der Waals surface area contributed by atoms with E-state index in [0.29, 0.717) is 17.4 Å².